The van der Waals surface area contributed by atoms with Crippen molar-refractivity contribution < 1.29 is 9.47 Å². The lowest BCUT2D eigenvalue weighted by Crippen LogP contribution is -2.49. The molecule has 0 amide bonds. The normalized spacial score (nSPS) is 23.6. The highest BCUT2D eigenvalue weighted by molar-refractivity contribution is 5.57. The summed E-state index contributed by atoms with van der Waals surface area (Å²) < 4.78 is 11.2. The molecule has 1 aromatic rings. The Balaban J connectivity index is 1.87. The molecule has 0 bridgehead atoms. The number of nitrogens with one attached hydrogen (secondary N) is 1. The minimum Gasteiger partial charge on any atom is -0.486 e. The first kappa shape index (κ1) is 10.7. The highest BCUT2D eigenvalue weighted by Gasteiger charge is 2.20. The summed E-state index contributed by atoms with van der Waals surface area (Å²) in [7, 11) is 0. The number of rotatable bonds is 1. The average molecular weight is 234 g/mol. The van der Waals surface area contributed by atoms with Gasteiger partial charge in [0.1, 0.15) is 13.2 Å². The molecule has 1 fully saturated rings. The molecule has 0 aliphatic carbocycles. The second-order valence-corrected chi connectivity index (χ2v) is 4.57. The molecule has 2 heterocycles. The van der Waals surface area contributed by atoms with Gasteiger partial charge in [-0.05, 0) is 19.1 Å². The van der Waals surface area contributed by atoms with Gasteiger partial charge in [0.25, 0.3) is 0 Å². The second-order valence-electron chi connectivity index (χ2n) is 4.57. The molecule has 2 aliphatic rings. The van der Waals surface area contributed by atoms with Crippen molar-refractivity contribution in [3.63, 3.8) is 0 Å². The van der Waals surface area contributed by atoms with E-state index < -0.39 is 0 Å². The summed E-state index contributed by atoms with van der Waals surface area (Å²) in [5, 5.41) is 3.40. The fraction of sp³-hybridized carbons (Fsp3) is 0.538. The van der Waals surface area contributed by atoms with Crippen LogP contribution in [0.15, 0.2) is 18.2 Å². The minimum atomic E-state index is 0.520. The van der Waals surface area contributed by atoms with Crippen LogP contribution in [0, 0.1) is 0 Å². The largest absolute Gasteiger partial charge is 0.486 e. The Morgan fingerprint density at radius 3 is 2.88 bits per heavy atom. The van der Waals surface area contributed by atoms with Crippen LogP contribution in [0.4, 0.5) is 5.69 Å². The number of benzene rings is 1. The molecule has 0 aromatic heterocycles. The van der Waals surface area contributed by atoms with E-state index in [2.05, 4.69) is 29.3 Å². The van der Waals surface area contributed by atoms with Crippen LogP contribution in [0.25, 0.3) is 0 Å². The van der Waals surface area contributed by atoms with Gasteiger partial charge >= 0.3 is 0 Å². The Morgan fingerprint density at radius 1 is 1.24 bits per heavy atom. The van der Waals surface area contributed by atoms with Gasteiger partial charge in [0.15, 0.2) is 11.5 Å². The summed E-state index contributed by atoms with van der Waals surface area (Å²) in [5.74, 6) is 1.74. The average Bonchev–Trinajstić information content (AvgIpc) is 2.39. The Hall–Kier alpha value is -1.42. The molecule has 4 nitrogen and oxygen atoms in total. The van der Waals surface area contributed by atoms with E-state index in [1.807, 2.05) is 6.07 Å². The van der Waals surface area contributed by atoms with Crippen molar-refractivity contribution in [2.24, 2.45) is 0 Å². The maximum absolute atomic E-state index is 5.62. The lowest BCUT2D eigenvalue weighted by Gasteiger charge is -2.36. The zero-order valence-corrected chi connectivity index (χ0v) is 10.1. The summed E-state index contributed by atoms with van der Waals surface area (Å²) in [6.45, 7) is 6.65. The molecular weight excluding hydrogens is 216 g/mol. The van der Waals surface area contributed by atoms with Crippen LogP contribution < -0.4 is 19.7 Å². The Kier molecular flexibility index (Phi) is 2.81. The van der Waals surface area contributed by atoms with Gasteiger partial charge in [-0.1, -0.05) is 0 Å². The molecule has 1 unspecified atom stereocenters. The number of hydrogen-bond donors (Lipinski definition) is 1. The molecule has 1 aromatic carbocycles. The van der Waals surface area contributed by atoms with E-state index in [9.17, 15) is 0 Å². The molecule has 1 N–H and O–H groups in total. The molecule has 92 valence electrons. The number of anilines is 1. The van der Waals surface area contributed by atoms with Crippen molar-refractivity contribution in [2.45, 2.75) is 13.0 Å². The first-order valence-corrected chi connectivity index (χ1v) is 6.21. The monoisotopic (exact) mass is 234 g/mol. The summed E-state index contributed by atoms with van der Waals surface area (Å²) in [4.78, 5) is 2.41. The Morgan fingerprint density at radius 2 is 2.06 bits per heavy atom. The first-order valence-electron chi connectivity index (χ1n) is 6.21. The van der Waals surface area contributed by atoms with Gasteiger partial charge in [-0.2, -0.15) is 0 Å². The Bertz CT molecular complexity index is 408. The standard InChI is InChI=1S/C13H18N2O2/c1-10-9-14-4-5-15(10)11-2-3-12-13(8-11)17-7-6-16-12/h2-3,8,10,14H,4-7,9H2,1H3. The van der Waals surface area contributed by atoms with Crippen molar-refractivity contribution in [3.05, 3.63) is 18.2 Å². The lowest BCUT2D eigenvalue weighted by molar-refractivity contribution is 0.171. The zero-order valence-electron chi connectivity index (χ0n) is 10.1. The third kappa shape index (κ3) is 2.05. The highest BCUT2D eigenvalue weighted by atomic mass is 16.6. The van der Waals surface area contributed by atoms with Crippen LogP contribution in [0.1, 0.15) is 6.92 Å². The molecule has 17 heavy (non-hydrogen) atoms. The van der Waals surface area contributed by atoms with Gasteiger partial charge < -0.3 is 19.7 Å². The Labute approximate surface area is 102 Å². The molecular formula is C13H18N2O2. The second kappa shape index (κ2) is 4.45. The minimum absolute atomic E-state index is 0.520. The lowest BCUT2D eigenvalue weighted by atomic mass is 10.1. The van der Waals surface area contributed by atoms with Crippen LogP contribution >= 0.6 is 0 Å². The number of ether oxygens (including phenoxy) is 2. The predicted molar refractivity (Wildman–Crippen MR) is 67.1 cm³/mol. The van der Waals surface area contributed by atoms with Gasteiger partial charge in [-0.25, -0.2) is 0 Å². The first-order chi connectivity index (χ1) is 8.34. The summed E-state index contributed by atoms with van der Waals surface area (Å²) in [5.41, 5.74) is 1.23. The number of piperazine rings is 1. The summed E-state index contributed by atoms with van der Waals surface area (Å²) >= 11 is 0. The molecule has 0 spiro atoms. The van der Waals surface area contributed by atoms with Gasteiger partial charge in [0.2, 0.25) is 0 Å². The molecule has 2 aliphatic heterocycles. The van der Waals surface area contributed by atoms with E-state index in [0.717, 1.165) is 31.1 Å². The fourth-order valence-corrected chi connectivity index (χ4v) is 2.44. The van der Waals surface area contributed by atoms with Crippen LogP contribution in [-0.2, 0) is 0 Å². The molecule has 0 saturated carbocycles. The number of hydrogen-bond acceptors (Lipinski definition) is 4. The molecule has 1 saturated heterocycles. The van der Waals surface area contributed by atoms with Crippen molar-refractivity contribution >= 4 is 5.69 Å². The van der Waals surface area contributed by atoms with E-state index in [4.69, 9.17) is 9.47 Å². The van der Waals surface area contributed by atoms with E-state index in [0.29, 0.717) is 19.3 Å². The smallest absolute Gasteiger partial charge is 0.163 e. The number of fused-ring (bicyclic) bond motifs is 1. The van der Waals surface area contributed by atoms with Crippen molar-refractivity contribution in [1.29, 1.82) is 0 Å². The third-order valence-corrected chi connectivity index (χ3v) is 3.36. The fourth-order valence-electron chi connectivity index (χ4n) is 2.44. The van der Waals surface area contributed by atoms with Gasteiger partial charge in [-0.3, -0.25) is 0 Å². The van der Waals surface area contributed by atoms with Crippen LogP contribution in [0.3, 0.4) is 0 Å². The SMILES string of the molecule is CC1CNCCN1c1ccc2c(c1)OCCO2. The summed E-state index contributed by atoms with van der Waals surface area (Å²) in [6.07, 6.45) is 0. The topological polar surface area (TPSA) is 33.7 Å². The molecule has 1 atom stereocenters. The van der Waals surface area contributed by atoms with E-state index in [-0.39, 0.29) is 0 Å². The number of nitrogens with zero attached hydrogens (tertiary/aromatic N) is 1. The molecule has 0 radical (unpaired) electrons. The van der Waals surface area contributed by atoms with Crippen LogP contribution in [0.2, 0.25) is 0 Å². The predicted octanol–water partition coefficient (Wildman–Crippen LogP) is 1.26. The van der Waals surface area contributed by atoms with Crippen molar-refractivity contribution in [3.8, 4) is 11.5 Å². The zero-order chi connectivity index (χ0) is 11.7. The maximum Gasteiger partial charge on any atom is 0.163 e. The van der Waals surface area contributed by atoms with Crippen molar-refractivity contribution in [2.75, 3.05) is 37.7 Å². The summed E-state index contributed by atoms with van der Waals surface area (Å²) in [6, 6.07) is 6.75. The van der Waals surface area contributed by atoms with Gasteiger partial charge in [-0.15, -0.1) is 0 Å². The quantitative estimate of drug-likeness (QED) is 0.793. The van der Waals surface area contributed by atoms with E-state index >= 15 is 0 Å². The third-order valence-electron chi connectivity index (χ3n) is 3.36. The maximum atomic E-state index is 5.62. The molecule has 4 heteroatoms. The van der Waals surface area contributed by atoms with Crippen LogP contribution in [0.5, 0.6) is 11.5 Å². The van der Waals surface area contributed by atoms with E-state index in [1.165, 1.54) is 5.69 Å². The van der Waals surface area contributed by atoms with E-state index in [1.54, 1.807) is 0 Å². The highest BCUT2D eigenvalue weighted by Crippen LogP contribution is 2.34. The van der Waals surface area contributed by atoms with Gasteiger partial charge in [0.05, 0.1) is 0 Å². The van der Waals surface area contributed by atoms with Gasteiger partial charge in [0, 0.05) is 37.4 Å². The van der Waals surface area contributed by atoms with Crippen LogP contribution in [-0.4, -0.2) is 38.9 Å². The van der Waals surface area contributed by atoms with Crippen molar-refractivity contribution in [1.82, 2.24) is 5.32 Å². The molecule has 3 rings (SSSR count).